The molecule has 1 atom stereocenters. The lowest BCUT2D eigenvalue weighted by atomic mass is 10.1. The normalized spacial score (nSPS) is 15.3. The summed E-state index contributed by atoms with van der Waals surface area (Å²) in [5.74, 6) is 0.0195. The van der Waals surface area contributed by atoms with E-state index < -0.39 is 0 Å². The van der Waals surface area contributed by atoms with Gasteiger partial charge in [-0.25, -0.2) is 4.79 Å². The summed E-state index contributed by atoms with van der Waals surface area (Å²) in [5.41, 5.74) is 2.50. The summed E-state index contributed by atoms with van der Waals surface area (Å²) in [6.07, 6.45) is 0.772. The average Bonchev–Trinajstić information content (AvgIpc) is 2.72. The van der Waals surface area contributed by atoms with E-state index in [1.165, 1.54) is 0 Å². The summed E-state index contributed by atoms with van der Waals surface area (Å²) in [5, 5.41) is 3.08. The molecule has 1 fully saturated rings. The quantitative estimate of drug-likeness (QED) is 0.905. The maximum absolute atomic E-state index is 12.7. The number of carbonyl (C=O) groups excluding carboxylic acids is 2. The summed E-state index contributed by atoms with van der Waals surface area (Å²) < 4.78 is 0. The van der Waals surface area contributed by atoms with Crippen LogP contribution in [0.2, 0.25) is 0 Å². The van der Waals surface area contributed by atoms with Gasteiger partial charge >= 0.3 is 6.03 Å². The monoisotopic (exact) mass is 366 g/mol. The number of nitrogens with zero attached hydrogens (tertiary/aromatic N) is 3. The Bertz CT molecular complexity index is 786. The molecule has 1 aromatic carbocycles. The minimum absolute atomic E-state index is 0.0195. The third kappa shape index (κ3) is 4.64. The van der Waals surface area contributed by atoms with Crippen molar-refractivity contribution in [1.82, 2.24) is 20.1 Å². The van der Waals surface area contributed by atoms with Crippen molar-refractivity contribution in [2.75, 3.05) is 26.2 Å². The summed E-state index contributed by atoms with van der Waals surface area (Å²) in [6.45, 7) is 6.12. The summed E-state index contributed by atoms with van der Waals surface area (Å²) >= 11 is 0. The minimum atomic E-state index is -0.110. The van der Waals surface area contributed by atoms with E-state index in [2.05, 4.69) is 10.3 Å². The maximum Gasteiger partial charge on any atom is 0.318 e. The second-order valence-electron chi connectivity index (χ2n) is 6.76. The van der Waals surface area contributed by atoms with E-state index in [9.17, 15) is 9.59 Å². The van der Waals surface area contributed by atoms with Crippen LogP contribution in [0.15, 0.2) is 48.5 Å². The Kier molecular flexibility index (Phi) is 6.06. The second kappa shape index (κ2) is 8.66. The van der Waals surface area contributed by atoms with E-state index in [-0.39, 0.29) is 18.0 Å². The standard InChI is InChI=1S/C21H26N4O2/c1-3-18(19-11-7-8-16(2)22-19)23-21(27)25-14-12-24(13-15-25)20(26)17-9-5-4-6-10-17/h4-11,18H,3,12-15H2,1-2H3,(H,23,27)/t18-/m0/s1. The molecule has 0 saturated carbocycles. The van der Waals surface area contributed by atoms with Gasteiger partial charge in [0.25, 0.3) is 5.91 Å². The van der Waals surface area contributed by atoms with Crippen LogP contribution in [0.25, 0.3) is 0 Å². The Hall–Kier alpha value is -2.89. The number of aryl methyl sites for hydroxylation is 1. The molecule has 1 aliphatic rings. The molecule has 27 heavy (non-hydrogen) atoms. The number of piperazine rings is 1. The van der Waals surface area contributed by atoms with Crippen LogP contribution in [0.5, 0.6) is 0 Å². The van der Waals surface area contributed by atoms with Gasteiger partial charge < -0.3 is 15.1 Å². The van der Waals surface area contributed by atoms with Crippen molar-refractivity contribution in [3.8, 4) is 0 Å². The molecule has 6 heteroatoms. The van der Waals surface area contributed by atoms with Gasteiger partial charge in [-0.3, -0.25) is 9.78 Å². The van der Waals surface area contributed by atoms with E-state index >= 15 is 0 Å². The van der Waals surface area contributed by atoms with Gasteiger partial charge in [0.05, 0.1) is 11.7 Å². The molecule has 3 amide bonds. The van der Waals surface area contributed by atoms with Crippen LogP contribution in [-0.2, 0) is 0 Å². The number of amides is 3. The van der Waals surface area contributed by atoms with Gasteiger partial charge in [-0.15, -0.1) is 0 Å². The molecule has 0 aliphatic carbocycles. The summed E-state index contributed by atoms with van der Waals surface area (Å²) in [7, 11) is 0. The van der Waals surface area contributed by atoms with Crippen molar-refractivity contribution >= 4 is 11.9 Å². The highest BCUT2D eigenvalue weighted by Gasteiger charge is 2.26. The van der Waals surface area contributed by atoms with Crippen molar-refractivity contribution in [2.24, 2.45) is 0 Å². The van der Waals surface area contributed by atoms with Gasteiger partial charge in [0.15, 0.2) is 0 Å². The fourth-order valence-electron chi connectivity index (χ4n) is 3.26. The molecule has 0 radical (unpaired) electrons. The molecule has 142 valence electrons. The van der Waals surface area contributed by atoms with Gasteiger partial charge in [0.2, 0.25) is 0 Å². The van der Waals surface area contributed by atoms with E-state index in [1.54, 1.807) is 9.80 Å². The molecule has 1 aliphatic heterocycles. The lowest BCUT2D eigenvalue weighted by molar-refractivity contribution is 0.0663. The van der Waals surface area contributed by atoms with E-state index in [4.69, 9.17) is 0 Å². The van der Waals surface area contributed by atoms with Gasteiger partial charge in [-0.05, 0) is 37.6 Å². The van der Waals surface area contributed by atoms with E-state index in [1.807, 2.05) is 62.4 Å². The van der Waals surface area contributed by atoms with E-state index in [0.29, 0.717) is 31.7 Å². The zero-order valence-electron chi connectivity index (χ0n) is 15.9. The Labute approximate surface area is 160 Å². The largest absolute Gasteiger partial charge is 0.335 e. The lowest BCUT2D eigenvalue weighted by Crippen LogP contribution is -2.53. The number of urea groups is 1. The first kappa shape index (κ1) is 18.9. The number of rotatable bonds is 4. The topological polar surface area (TPSA) is 65.5 Å². The molecule has 0 bridgehead atoms. The number of pyridine rings is 1. The molecule has 6 nitrogen and oxygen atoms in total. The zero-order valence-corrected chi connectivity index (χ0v) is 15.9. The number of benzene rings is 1. The smallest absolute Gasteiger partial charge is 0.318 e. The molecule has 2 heterocycles. The van der Waals surface area contributed by atoms with Crippen LogP contribution in [0.1, 0.15) is 41.1 Å². The predicted octanol–water partition coefficient (Wildman–Crippen LogP) is 3.01. The molecule has 1 saturated heterocycles. The Balaban J connectivity index is 1.56. The number of nitrogens with one attached hydrogen (secondary N) is 1. The fraction of sp³-hybridized carbons (Fsp3) is 0.381. The number of carbonyl (C=O) groups is 2. The molecular formula is C21H26N4O2. The number of hydrogen-bond acceptors (Lipinski definition) is 3. The second-order valence-corrected chi connectivity index (χ2v) is 6.76. The van der Waals surface area contributed by atoms with Gasteiger partial charge in [0, 0.05) is 37.4 Å². The molecule has 0 spiro atoms. The maximum atomic E-state index is 12.7. The highest BCUT2D eigenvalue weighted by molar-refractivity contribution is 5.94. The number of hydrogen-bond donors (Lipinski definition) is 1. The molecule has 0 unspecified atom stereocenters. The van der Waals surface area contributed by atoms with Crippen molar-refractivity contribution in [3.05, 3.63) is 65.5 Å². The minimum Gasteiger partial charge on any atom is -0.335 e. The summed E-state index contributed by atoms with van der Waals surface area (Å²) in [6, 6.07) is 14.9. The van der Waals surface area contributed by atoms with Crippen LogP contribution in [0.4, 0.5) is 4.79 Å². The highest BCUT2D eigenvalue weighted by atomic mass is 16.2. The van der Waals surface area contributed by atoms with Gasteiger partial charge in [-0.2, -0.15) is 0 Å². The first-order valence-electron chi connectivity index (χ1n) is 9.41. The van der Waals surface area contributed by atoms with Crippen LogP contribution >= 0.6 is 0 Å². The van der Waals surface area contributed by atoms with Crippen molar-refractivity contribution in [2.45, 2.75) is 26.3 Å². The van der Waals surface area contributed by atoms with Crippen LogP contribution in [0, 0.1) is 6.92 Å². The first-order chi connectivity index (χ1) is 13.1. The Morgan fingerprint density at radius 2 is 1.67 bits per heavy atom. The fourth-order valence-corrected chi connectivity index (χ4v) is 3.26. The average molecular weight is 366 g/mol. The molecule has 1 aromatic heterocycles. The number of aromatic nitrogens is 1. The zero-order chi connectivity index (χ0) is 19.2. The Morgan fingerprint density at radius 3 is 2.30 bits per heavy atom. The SMILES string of the molecule is CC[C@H](NC(=O)N1CCN(C(=O)c2ccccc2)CC1)c1cccc(C)n1. The van der Waals surface area contributed by atoms with Crippen molar-refractivity contribution in [1.29, 1.82) is 0 Å². The van der Waals surface area contributed by atoms with Crippen LogP contribution < -0.4 is 5.32 Å². The molecular weight excluding hydrogens is 340 g/mol. The molecule has 3 rings (SSSR count). The highest BCUT2D eigenvalue weighted by Crippen LogP contribution is 2.16. The third-order valence-corrected chi connectivity index (χ3v) is 4.85. The van der Waals surface area contributed by atoms with Gasteiger partial charge in [-0.1, -0.05) is 31.2 Å². The Morgan fingerprint density at radius 1 is 1.00 bits per heavy atom. The molecule has 1 N–H and O–H groups in total. The molecule has 2 aromatic rings. The summed E-state index contributed by atoms with van der Waals surface area (Å²) in [4.78, 5) is 33.3. The van der Waals surface area contributed by atoms with Crippen LogP contribution in [0.3, 0.4) is 0 Å². The van der Waals surface area contributed by atoms with E-state index in [0.717, 1.165) is 17.8 Å². The lowest BCUT2D eigenvalue weighted by Gasteiger charge is -2.35. The third-order valence-electron chi connectivity index (χ3n) is 4.85. The predicted molar refractivity (Wildman–Crippen MR) is 104 cm³/mol. The first-order valence-corrected chi connectivity index (χ1v) is 9.41. The van der Waals surface area contributed by atoms with Crippen LogP contribution in [-0.4, -0.2) is 52.9 Å². The van der Waals surface area contributed by atoms with Crippen molar-refractivity contribution in [3.63, 3.8) is 0 Å². The van der Waals surface area contributed by atoms with Gasteiger partial charge in [0.1, 0.15) is 0 Å². The van der Waals surface area contributed by atoms with Crippen molar-refractivity contribution < 1.29 is 9.59 Å².